The highest BCUT2D eigenvalue weighted by atomic mass is 19.1. The zero-order valence-electron chi connectivity index (χ0n) is 19.9. The smallest absolute Gasteiger partial charge is 0.130 e. The maximum absolute atomic E-state index is 14.3. The van der Waals surface area contributed by atoms with Crippen molar-refractivity contribution in [3.63, 3.8) is 0 Å². The van der Waals surface area contributed by atoms with Gasteiger partial charge in [0, 0.05) is 6.07 Å². The fourth-order valence-electron chi connectivity index (χ4n) is 3.77. The molecule has 0 aliphatic carbocycles. The molecule has 33 heavy (non-hydrogen) atoms. The number of allylic oxidation sites excluding steroid dienone is 4. The molecule has 172 valence electrons. The van der Waals surface area contributed by atoms with Gasteiger partial charge in [-0.05, 0) is 86.3 Å². The van der Waals surface area contributed by atoms with E-state index in [9.17, 15) is 4.39 Å². The van der Waals surface area contributed by atoms with Crippen LogP contribution >= 0.6 is 0 Å². The molecule has 0 aromatic heterocycles. The van der Waals surface area contributed by atoms with E-state index >= 15 is 0 Å². The summed E-state index contributed by atoms with van der Waals surface area (Å²) in [6, 6.07) is 22.7. The van der Waals surface area contributed by atoms with Crippen molar-refractivity contribution in [3.8, 4) is 5.75 Å². The highest BCUT2D eigenvalue weighted by Gasteiger charge is 2.05. The molecule has 0 atom stereocenters. The van der Waals surface area contributed by atoms with Crippen LogP contribution in [0.2, 0.25) is 0 Å². The van der Waals surface area contributed by atoms with Crippen LogP contribution in [0.1, 0.15) is 54.5 Å². The first-order chi connectivity index (χ1) is 16.2. The normalized spacial score (nSPS) is 11.5. The lowest BCUT2D eigenvalue weighted by atomic mass is 10.0. The van der Waals surface area contributed by atoms with Gasteiger partial charge in [0.25, 0.3) is 0 Å². The number of aryl methyl sites for hydroxylation is 4. The molecule has 0 radical (unpaired) electrons. The van der Waals surface area contributed by atoms with Crippen LogP contribution in [-0.2, 0) is 32.3 Å². The molecule has 3 aromatic rings. The molecule has 0 heterocycles. The Kier molecular flexibility index (Phi) is 9.97. The number of hydrogen-bond donors (Lipinski definition) is 0. The Morgan fingerprint density at radius 1 is 0.636 bits per heavy atom. The minimum atomic E-state index is -0.196. The lowest BCUT2D eigenvalue weighted by Gasteiger charge is -2.09. The van der Waals surface area contributed by atoms with Crippen molar-refractivity contribution < 1.29 is 9.13 Å². The maximum atomic E-state index is 14.3. The number of halogens is 1. The third kappa shape index (κ3) is 8.38. The Morgan fingerprint density at radius 2 is 1.15 bits per heavy atom. The van der Waals surface area contributed by atoms with Crippen LogP contribution in [0.15, 0.2) is 91.0 Å². The molecule has 0 fully saturated rings. The summed E-state index contributed by atoms with van der Waals surface area (Å²) in [5.41, 5.74) is 5.89. The van der Waals surface area contributed by atoms with Gasteiger partial charge in [-0.3, -0.25) is 0 Å². The zero-order valence-corrected chi connectivity index (χ0v) is 19.9. The fraction of sp³-hybridized carbons (Fsp3) is 0.290. The Bertz CT molecular complexity index is 1030. The Balaban J connectivity index is 1.45. The monoisotopic (exact) mass is 442 g/mol. The predicted molar refractivity (Wildman–Crippen MR) is 137 cm³/mol. The summed E-state index contributed by atoms with van der Waals surface area (Å²) in [4.78, 5) is 0. The van der Waals surface area contributed by atoms with Crippen LogP contribution in [-0.4, -0.2) is 0 Å². The van der Waals surface area contributed by atoms with Crippen LogP contribution in [0.4, 0.5) is 4.39 Å². The number of hydrogen-bond acceptors (Lipinski definition) is 1. The van der Waals surface area contributed by atoms with E-state index < -0.39 is 0 Å². The van der Waals surface area contributed by atoms with Crippen molar-refractivity contribution in [1.29, 1.82) is 0 Å². The second-order valence-corrected chi connectivity index (χ2v) is 8.39. The molecule has 1 nitrogen and oxygen atoms in total. The van der Waals surface area contributed by atoms with E-state index in [-0.39, 0.29) is 5.82 Å². The van der Waals surface area contributed by atoms with Gasteiger partial charge in [-0.2, -0.15) is 0 Å². The molecule has 0 saturated carbocycles. The summed E-state index contributed by atoms with van der Waals surface area (Å²) in [5, 5.41) is 0. The zero-order chi connectivity index (χ0) is 23.3. The van der Waals surface area contributed by atoms with E-state index in [0.717, 1.165) is 43.2 Å². The lowest BCUT2D eigenvalue weighted by Crippen LogP contribution is -1.98. The van der Waals surface area contributed by atoms with Crippen molar-refractivity contribution in [2.24, 2.45) is 0 Å². The van der Waals surface area contributed by atoms with Gasteiger partial charge >= 0.3 is 0 Å². The summed E-state index contributed by atoms with van der Waals surface area (Å²) in [6.07, 6.45) is 14.2. The number of ether oxygens (including phenoxy) is 1. The molecule has 0 aliphatic rings. The van der Waals surface area contributed by atoms with Crippen molar-refractivity contribution >= 4 is 0 Å². The van der Waals surface area contributed by atoms with E-state index in [0.29, 0.717) is 18.8 Å². The molecule has 0 amide bonds. The average Bonchev–Trinajstić information content (AvgIpc) is 2.84. The molecule has 0 N–H and O–H groups in total. The first-order valence-electron chi connectivity index (χ1n) is 12.0. The third-order valence-corrected chi connectivity index (χ3v) is 5.83. The van der Waals surface area contributed by atoms with E-state index in [2.05, 4.69) is 73.7 Å². The minimum Gasteiger partial charge on any atom is -0.489 e. The second-order valence-electron chi connectivity index (χ2n) is 8.39. The average molecular weight is 443 g/mol. The van der Waals surface area contributed by atoms with E-state index in [1.54, 1.807) is 0 Å². The van der Waals surface area contributed by atoms with Gasteiger partial charge in [0.2, 0.25) is 0 Å². The highest BCUT2D eigenvalue weighted by Crippen LogP contribution is 2.20. The van der Waals surface area contributed by atoms with Crippen LogP contribution in [0.25, 0.3) is 0 Å². The van der Waals surface area contributed by atoms with Crippen molar-refractivity contribution in [2.75, 3.05) is 0 Å². The van der Waals surface area contributed by atoms with E-state index in [1.807, 2.05) is 25.1 Å². The van der Waals surface area contributed by atoms with Crippen molar-refractivity contribution in [2.45, 2.75) is 59.0 Å². The van der Waals surface area contributed by atoms with E-state index in [1.165, 1.54) is 22.8 Å². The summed E-state index contributed by atoms with van der Waals surface area (Å²) in [6.45, 7) is 4.48. The van der Waals surface area contributed by atoms with Crippen molar-refractivity contribution in [1.82, 2.24) is 0 Å². The number of rotatable bonds is 12. The summed E-state index contributed by atoms with van der Waals surface area (Å²) >= 11 is 0. The molecule has 0 bridgehead atoms. The molecular formula is C31H35FO. The Labute approximate surface area is 198 Å². The molecule has 0 unspecified atom stereocenters. The van der Waals surface area contributed by atoms with Gasteiger partial charge in [-0.15, -0.1) is 0 Å². The van der Waals surface area contributed by atoms with Crippen LogP contribution < -0.4 is 4.74 Å². The Morgan fingerprint density at radius 3 is 1.70 bits per heavy atom. The lowest BCUT2D eigenvalue weighted by molar-refractivity contribution is 0.304. The molecule has 0 spiro atoms. The first-order valence-corrected chi connectivity index (χ1v) is 12.0. The Hall–Kier alpha value is -3.13. The summed E-state index contributed by atoms with van der Waals surface area (Å²) in [7, 11) is 0. The van der Waals surface area contributed by atoms with Gasteiger partial charge in [0.15, 0.2) is 0 Å². The molecule has 3 aromatic carbocycles. The van der Waals surface area contributed by atoms with Crippen LogP contribution in [0.3, 0.4) is 0 Å². The second kappa shape index (κ2) is 13.4. The van der Waals surface area contributed by atoms with Gasteiger partial charge < -0.3 is 4.74 Å². The predicted octanol–water partition coefficient (Wildman–Crippen LogP) is 8.21. The number of benzene rings is 3. The molecule has 3 rings (SSSR count). The van der Waals surface area contributed by atoms with Gasteiger partial charge in [-0.1, -0.05) is 78.9 Å². The molecule has 0 saturated heterocycles. The summed E-state index contributed by atoms with van der Waals surface area (Å²) in [5.74, 6) is 0.374. The molecule has 2 heteroatoms. The van der Waals surface area contributed by atoms with Gasteiger partial charge in [-0.25, -0.2) is 4.39 Å². The van der Waals surface area contributed by atoms with Crippen molar-refractivity contribution in [3.05, 3.63) is 125 Å². The minimum absolute atomic E-state index is 0.196. The largest absolute Gasteiger partial charge is 0.489 e. The highest BCUT2D eigenvalue weighted by molar-refractivity contribution is 5.30. The standard InChI is InChI=1S/C31H35FO/c1-3-5-7-9-25-11-13-26(14-12-25)15-16-27-17-19-28(20-18-27)24-33-30-22-21-29(31(32)23-30)10-8-6-4-2/h3-6,11-14,17-23H,7-10,15-16,24H2,1-2H3/b5-3+,6-4+. The third-order valence-electron chi connectivity index (χ3n) is 5.83. The molecular weight excluding hydrogens is 407 g/mol. The first kappa shape index (κ1) is 24.5. The van der Waals surface area contributed by atoms with Gasteiger partial charge in [0.1, 0.15) is 18.2 Å². The van der Waals surface area contributed by atoms with Crippen LogP contribution in [0, 0.1) is 5.82 Å². The maximum Gasteiger partial charge on any atom is 0.130 e. The fourth-order valence-corrected chi connectivity index (χ4v) is 3.77. The van der Waals surface area contributed by atoms with Gasteiger partial charge in [0.05, 0.1) is 0 Å². The van der Waals surface area contributed by atoms with Crippen LogP contribution in [0.5, 0.6) is 5.75 Å². The van der Waals surface area contributed by atoms with E-state index in [4.69, 9.17) is 4.74 Å². The molecule has 0 aliphatic heterocycles. The SMILES string of the molecule is C/C=C/CCc1ccc(CCc2ccc(COc3ccc(CC/C=C/C)c(F)c3)cc2)cc1. The summed E-state index contributed by atoms with van der Waals surface area (Å²) < 4.78 is 20.1. The topological polar surface area (TPSA) is 9.23 Å². The quantitative estimate of drug-likeness (QED) is 0.257.